The molecule has 0 radical (unpaired) electrons. The molecule has 1 N–H and O–H groups in total. The van der Waals surface area contributed by atoms with E-state index in [1.165, 1.54) is 12.0 Å². The molecule has 162 valence electrons. The van der Waals surface area contributed by atoms with Gasteiger partial charge in [0.25, 0.3) is 5.91 Å². The molecule has 1 spiro atoms. The summed E-state index contributed by atoms with van der Waals surface area (Å²) in [6.45, 7) is 3.74. The summed E-state index contributed by atoms with van der Waals surface area (Å²) in [5.74, 6) is -0.146. The topological polar surface area (TPSA) is 66.8 Å². The number of carboxylic acids is 1. The Morgan fingerprint density at radius 1 is 1.03 bits per heavy atom. The molecule has 2 aliphatic heterocycles. The molecule has 3 fully saturated rings. The average Bonchev–Trinajstić information content (AvgIpc) is 3.20. The summed E-state index contributed by atoms with van der Waals surface area (Å²) in [7, 11) is 0. The molecular formula is C26H29NO4. The van der Waals surface area contributed by atoms with Crippen LogP contribution < -0.4 is 0 Å². The van der Waals surface area contributed by atoms with E-state index in [0.29, 0.717) is 23.5 Å². The van der Waals surface area contributed by atoms with Crippen molar-refractivity contribution in [3.8, 4) is 11.1 Å². The summed E-state index contributed by atoms with van der Waals surface area (Å²) in [4.78, 5) is 25.9. The number of aromatic carboxylic acids is 1. The fourth-order valence-electron chi connectivity index (χ4n) is 5.68. The first-order valence-electron chi connectivity index (χ1n) is 11.3. The van der Waals surface area contributed by atoms with Crippen LogP contribution >= 0.6 is 0 Å². The average molecular weight is 420 g/mol. The van der Waals surface area contributed by atoms with Gasteiger partial charge >= 0.3 is 5.97 Å². The maximum Gasteiger partial charge on any atom is 0.335 e. The van der Waals surface area contributed by atoms with Gasteiger partial charge in [0.05, 0.1) is 5.56 Å². The zero-order chi connectivity index (χ0) is 21.6. The van der Waals surface area contributed by atoms with Gasteiger partial charge in [0.2, 0.25) is 0 Å². The molecule has 3 aliphatic rings. The van der Waals surface area contributed by atoms with Crippen molar-refractivity contribution in [3.05, 3.63) is 59.7 Å². The molecule has 2 aromatic carbocycles. The Kier molecular flexibility index (Phi) is 5.09. The second-order valence-electron chi connectivity index (χ2n) is 9.46. The molecule has 2 heterocycles. The van der Waals surface area contributed by atoms with Crippen LogP contribution in [-0.2, 0) is 9.53 Å². The molecule has 2 saturated heterocycles. The molecule has 5 rings (SSSR count). The molecule has 31 heavy (non-hydrogen) atoms. The number of hydrogen-bond donors (Lipinski definition) is 1. The van der Waals surface area contributed by atoms with Crippen molar-refractivity contribution in [3.63, 3.8) is 0 Å². The van der Waals surface area contributed by atoms with Crippen molar-refractivity contribution in [1.82, 2.24) is 4.90 Å². The van der Waals surface area contributed by atoms with Crippen molar-refractivity contribution < 1.29 is 19.4 Å². The van der Waals surface area contributed by atoms with Crippen LogP contribution in [0.1, 0.15) is 60.9 Å². The minimum Gasteiger partial charge on any atom is -0.478 e. The molecule has 1 aliphatic carbocycles. The maximum atomic E-state index is 12.8. The number of amides is 1. The maximum absolute atomic E-state index is 12.8. The van der Waals surface area contributed by atoms with Gasteiger partial charge in [-0.15, -0.1) is 0 Å². The van der Waals surface area contributed by atoms with Gasteiger partial charge in [-0.05, 0) is 79.2 Å². The van der Waals surface area contributed by atoms with Gasteiger partial charge in [-0.3, -0.25) is 4.79 Å². The largest absolute Gasteiger partial charge is 0.478 e. The van der Waals surface area contributed by atoms with Gasteiger partial charge < -0.3 is 14.7 Å². The number of carboxylic acid groups (broad SMARTS) is 1. The summed E-state index contributed by atoms with van der Waals surface area (Å²) >= 11 is 0. The lowest BCUT2D eigenvalue weighted by molar-refractivity contribution is -0.145. The lowest BCUT2D eigenvalue weighted by Crippen LogP contribution is -2.49. The van der Waals surface area contributed by atoms with Crippen LogP contribution in [0.3, 0.4) is 0 Å². The summed E-state index contributed by atoms with van der Waals surface area (Å²) < 4.78 is 5.62. The molecule has 1 amide bonds. The Bertz CT molecular complexity index is 977. The van der Waals surface area contributed by atoms with E-state index in [9.17, 15) is 9.59 Å². The normalized spacial score (nSPS) is 29.8. The summed E-state index contributed by atoms with van der Waals surface area (Å²) in [5.41, 5.74) is 4.13. The molecular weight excluding hydrogens is 390 g/mol. The molecule has 5 nitrogen and oxygen atoms in total. The number of carbonyl (C=O) groups is 2. The predicted molar refractivity (Wildman–Crippen MR) is 118 cm³/mol. The minimum absolute atomic E-state index is 0.190. The van der Waals surface area contributed by atoms with Gasteiger partial charge in [-0.1, -0.05) is 36.4 Å². The van der Waals surface area contributed by atoms with E-state index >= 15 is 0 Å². The third-order valence-corrected chi connectivity index (χ3v) is 7.54. The fraction of sp³-hybridized carbons (Fsp3) is 0.462. The highest BCUT2D eigenvalue weighted by molar-refractivity contribution is 5.88. The third kappa shape index (κ3) is 3.76. The molecule has 1 saturated carbocycles. The zero-order valence-corrected chi connectivity index (χ0v) is 17.9. The molecule has 4 atom stereocenters. The van der Waals surface area contributed by atoms with Crippen molar-refractivity contribution in [2.24, 2.45) is 5.41 Å². The first kappa shape index (κ1) is 20.3. The van der Waals surface area contributed by atoms with Gasteiger partial charge in [0.15, 0.2) is 0 Å². The number of hydrogen-bond acceptors (Lipinski definition) is 3. The Morgan fingerprint density at radius 2 is 1.71 bits per heavy atom. The Hall–Kier alpha value is -2.66. The standard InChI is InChI=1S/C26H29NO4/c1-17-15-26(12-13-27(17)24(28)23-3-2-14-31-23)16-22(26)20-8-4-18(5-9-20)19-6-10-21(11-7-19)25(29)30/h4-11,17,22-23H,2-3,12-16H2,1H3,(H,29,30)/t17-,22+,23+,26?/m0/s1. The van der Waals surface area contributed by atoms with Crippen molar-refractivity contribution >= 4 is 11.9 Å². The Labute approximate surface area is 183 Å². The monoisotopic (exact) mass is 419 g/mol. The lowest BCUT2D eigenvalue weighted by atomic mass is 9.84. The summed E-state index contributed by atoms with van der Waals surface area (Å²) in [5, 5.41) is 9.06. The fourth-order valence-corrected chi connectivity index (χ4v) is 5.68. The molecule has 0 aromatic heterocycles. The number of likely N-dealkylation sites (tertiary alicyclic amines) is 1. The highest BCUT2D eigenvalue weighted by atomic mass is 16.5. The lowest BCUT2D eigenvalue weighted by Gasteiger charge is -2.39. The van der Waals surface area contributed by atoms with Crippen LogP contribution in [0.5, 0.6) is 0 Å². The first-order chi connectivity index (χ1) is 15.0. The highest BCUT2D eigenvalue weighted by Crippen LogP contribution is 2.65. The van der Waals surface area contributed by atoms with Crippen molar-refractivity contribution in [1.29, 1.82) is 0 Å². The second kappa shape index (κ2) is 7.79. The van der Waals surface area contributed by atoms with Crippen LogP contribution in [0.25, 0.3) is 11.1 Å². The first-order valence-corrected chi connectivity index (χ1v) is 11.3. The van der Waals surface area contributed by atoms with E-state index in [4.69, 9.17) is 9.84 Å². The molecule has 1 unspecified atom stereocenters. The van der Waals surface area contributed by atoms with E-state index in [1.54, 1.807) is 12.1 Å². The smallest absolute Gasteiger partial charge is 0.335 e. The molecule has 2 aromatic rings. The highest BCUT2D eigenvalue weighted by Gasteiger charge is 2.57. The van der Waals surface area contributed by atoms with E-state index in [2.05, 4.69) is 36.1 Å². The van der Waals surface area contributed by atoms with E-state index < -0.39 is 5.97 Å². The van der Waals surface area contributed by atoms with Crippen LogP contribution in [0.15, 0.2) is 48.5 Å². The zero-order valence-electron chi connectivity index (χ0n) is 17.9. The van der Waals surface area contributed by atoms with Gasteiger partial charge in [-0.2, -0.15) is 0 Å². The molecule has 5 heteroatoms. The summed E-state index contributed by atoms with van der Waals surface area (Å²) in [6.07, 6.45) is 4.97. The van der Waals surface area contributed by atoms with E-state index in [-0.39, 0.29) is 18.1 Å². The SMILES string of the molecule is C[C@H]1CC2(CCN1C(=O)[C@H]1CCCO1)C[C@@H]2c1ccc(-c2ccc(C(=O)O)cc2)cc1. The molecule has 0 bridgehead atoms. The summed E-state index contributed by atoms with van der Waals surface area (Å²) in [6, 6.07) is 16.0. The number of benzene rings is 2. The third-order valence-electron chi connectivity index (χ3n) is 7.54. The van der Waals surface area contributed by atoms with E-state index in [0.717, 1.165) is 43.4 Å². The van der Waals surface area contributed by atoms with Crippen LogP contribution in [-0.4, -0.2) is 47.2 Å². The predicted octanol–water partition coefficient (Wildman–Crippen LogP) is 4.72. The number of piperidine rings is 1. The Morgan fingerprint density at radius 3 is 2.29 bits per heavy atom. The van der Waals surface area contributed by atoms with Crippen molar-refractivity contribution in [2.75, 3.05) is 13.2 Å². The van der Waals surface area contributed by atoms with Gasteiger partial charge in [-0.25, -0.2) is 4.79 Å². The number of rotatable bonds is 4. The second-order valence-corrected chi connectivity index (χ2v) is 9.46. The van der Waals surface area contributed by atoms with Crippen LogP contribution in [0.2, 0.25) is 0 Å². The van der Waals surface area contributed by atoms with Crippen LogP contribution in [0, 0.1) is 5.41 Å². The van der Waals surface area contributed by atoms with E-state index in [1.807, 2.05) is 12.1 Å². The number of nitrogens with zero attached hydrogens (tertiary/aromatic N) is 1. The van der Waals surface area contributed by atoms with Gasteiger partial charge in [0, 0.05) is 19.2 Å². The number of ether oxygens (including phenoxy) is 1. The van der Waals surface area contributed by atoms with Gasteiger partial charge in [0.1, 0.15) is 6.10 Å². The quantitative estimate of drug-likeness (QED) is 0.779. The van der Waals surface area contributed by atoms with Crippen LogP contribution in [0.4, 0.5) is 0 Å². The number of carbonyl (C=O) groups excluding carboxylic acids is 1. The minimum atomic E-state index is -0.904. The van der Waals surface area contributed by atoms with Crippen molar-refractivity contribution in [2.45, 2.75) is 57.1 Å². The Balaban J connectivity index is 1.24.